The van der Waals surface area contributed by atoms with Gasteiger partial charge in [0.15, 0.2) is 0 Å². The molecule has 0 amide bonds. The molecule has 0 aromatic heterocycles. The molecule has 0 saturated carbocycles. The minimum atomic E-state index is -3.78. The van der Waals surface area contributed by atoms with Crippen LogP contribution in [0.1, 0.15) is 11.1 Å². The third-order valence-corrected chi connectivity index (χ3v) is 4.09. The van der Waals surface area contributed by atoms with Gasteiger partial charge in [0.25, 0.3) is 15.7 Å². The average molecular weight is 322 g/mol. The molecule has 8 heteroatoms. The number of nitrogens with one attached hydrogen (secondary N) is 1. The molecule has 7 nitrogen and oxygen atoms in total. The van der Waals surface area contributed by atoms with E-state index in [0.717, 1.165) is 5.56 Å². The van der Waals surface area contributed by atoms with E-state index in [2.05, 4.69) is 0 Å². The summed E-state index contributed by atoms with van der Waals surface area (Å²) in [5.74, 6) is 0. The molecule has 0 atom stereocenters. The second-order valence-corrected chi connectivity index (χ2v) is 6.26. The van der Waals surface area contributed by atoms with E-state index in [1.165, 1.54) is 30.3 Å². The van der Waals surface area contributed by atoms with Gasteiger partial charge in [0, 0.05) is 12.1 Å². The van der Waals surface area contributed by atoms with Gasteiger partial charge in [-0.1, -0.05) is 34.7 Å². The topological polar surface area (TPSA) is 98.5 Å². The number of sulfonamides is 1. The molecule has 2 aromatic carbocycles. The van der Waals surface area contributed by atoms with Gasteiger partial charge in [0.1, 0.15) is 0 Å². The number of hydrogen-bond donors (Lipinski definition) is 1. The Labute approximate surface area is 127 Å². The number of nitrogens with zero attached hydrogens (tertiary/aromatic N) is 1. The maximum Gasteiger partial charge on any atom is 0.269 e. The maximum absolute atomic E-state index is 12.0. The van der Waals surface area contributed by atoms with E-state index >= 15 is 0 Å². The standard InChI is InChI=1S/C14H14N2O5S/c1-11-5-7-14(8-6-11)22(19,20)15-21-10-12-3-2-4-13(9-12)16(17)18/h2-9,15H,10H2,1H3. The molecule has 0 unspecified atom stereocenters. The number of benzene rings is 2. The number of nitro benzene ring substituents is 1. The van der Waals surface area contributed by atoms with Crippen LogP contribution in [0.5, 0.6) is 0 Å². The molecule has 0 heterocycles. The first-order chi connectivity index (χ1) is 10.4. The van der Waals surface area contributed by atoms with Crippen molar-refractivity contribution < 1.29 is 18.2 Å². The highest BCUT2D eigenvalue weighted by Gasteiger charge is 2.14. The van der Waals surface area contributed by atoms with Crippen LogP contribution in [0.25, 0.3) is 0 Å². The van der Waals surface area contributed by atoms with E-state index in [0.29, 0.717) is 5.56 Å². The predicted molar refractivity (Wildman–Crippen MR) is 79.4 cm³/mol. The van der Waals surface area contributed by atoms with Crippen molar-refractivity contribution >= 4 is 15.7 Å². The average Bonchev–Trinajstić information content (AvgIpc) is 2.48. The lowest BCUT2D eigenvalue weighted by atomic mass is 10.2. The van der Waals surface area contributed by atoms with Crippen LogP contribution in [0.4, 0.5) is 5.69 Å². The van der Waals surface area contributed by atoms with Crippen molar-refractivity contribution in [2.75, 3.05) is 0 Å². The minimum absolute atomic E-state index is 0.0807. The first-order valence-electron chi connectivity index (χ1n) is 6.32. The monoisotopic (exact) mass is 322 g/mol. The van der Waals surface area contributed by atoms with E-state index in [4.69, 9.17) is 4.84 Å². The molecule has 0 bridgehead atoms. The highest BCUT2D eigenvalue weighted by atomic mass is 32.2. The number of aryl methyl sites for hydroxylation is 1. The van der Waals surface area contributed by atoms with Gasteiger partial charge >= 0.3 is 0 Å². The fraction of sp³-hybridized carbons (Fsp3) is 0.143. The summed E-state index contributed by atoms with van der Waals surface area (Å²) in [5.41, 5.74) is 1.35. The number of rotatable bonds is 6. The third-order valence-electron chi connectivity index (χ3n) is 2.86. The summed E-state index contributed by atoms with van der Waals surface area (Å²) >= 11 is 0. The fourth-order valence-electron chi connectivity index (χ4n) is 1.72. The third kappa shape index (κ3) is 4.10. The van der Waals surface area contributed by atoms with Crippen molar-refractivity contribution in [1.82, 2.24) is 4.89 Å². The first-order valence-corrected chi connectivity index (χ1v) is 7.80. The molecule has 0 saturated heterocycles. The van der Waals surface area contributed by atoms with E-state index in [9.17, 15) is 18.5 Å². The lowest BCUT2D eigenvalue weighted by Crippen LogP contribution is -2.23. The number of non-ortho nitro benzene ring substituents is 1. The lowest BCUT2D eigenvalue weighted by Gasteiger charge is -2.07. The second-order valence-electron chi connectivity index (χ2n) is 4.62. The molecule has 0 fully saturated rings. The van der Waals surface area contributed by atoms with Gasteiger partial charge in [-0.3, -0.25) is 15.0 Å². The highest BCUT2D eigenvalue weighted by Crippen LogP contribution is 2.14. The quantitative estimate of drug-likeness (QED) is 0.650. The number of hydrogen-bond acceptors (Lipinski definition) is 5. The maximum atomic E-state index is 12.0. The summed E-state index contributed by atoms with van der Waals surface area (Å²) < 4.78 is 23.9. The zero-order valence-corrected chi connectivity index (χ0v) is 12.5. The Morgan fingerprint density at radius 1 is 1.18 bits per heavy atom. The SMILES string of the molecule is Cc1ccc(S(=O)(=O)NOCc2cccc([N+](=O)[O-])c2)cc1. The van der Waals surface area contributed by atoms with Crippen LogP contribution in [0.3, 0.4) is 0 Å². The fourth-order valence-corrected chi connectivity index (χ4v) is 2.52. The van der Waals surface area contributed by atoms with Gasteiger partial charge in [-0.2, -0.15) is 0 Å². The van der Waals surface area contributed by atoms with Crippen LogP contribution in [0.2, 0.25) is 0 Å². The molecule has 0 aliphatic carbocycles. The van der Waals surface area contributed by atoms with Crippen molar-refractivity contribution in [2.24, 2.45) is 0 Å². The molecule has 2 aromatic rings. The van der Waals surface area contributed by atoms with Gasteiger partial charge in [-0.05, 0) is 24.6 Å². The van der Waals surface area contributed by atoms with Crippen LogP contribution >= 0.6 is 0 Å². The van der Waals surface area contributed by atoms with Crippen molar-refractivity contribution in [3.8, 4) is 0 Å². The minimum Gasteiger partial charge on any atom is -0.282 e. The molecule has 22 heavy (non-hydrogen) atoms. The summed E-state index contributed by atoms with van der Waals surface area (Å²) in [6.45, 7) is 1.73. The van der Waals surface area contributed by atoms with Gasteiger partial charge in [-0.15, -0.1) is 0 Å². The van der Waals surface area contributed by atoms with Crippen LogP contribution in [-0.4, -0.2) is 13.3 Å². The smallest absolute Gasteiger partial charge is 0.269 e. The molecular formula is C14H14N2O5S. The van der Waals surface area contributed by atoms with Gasteiger partial charge in [-0.25, -0.2) is 8.42 Å². The summed E-state index contributed by atoms with van der Waals surface area (Å²) in [6.07, 6.45) is 0. The normalized spacial score (nSPS) is 11.3. The van der Waals surface area contributed by atoms with Crippen molar-refractivity contribution in [3.05, 3.63) is 69.8 Å². The largest absolute Gasteiger partial charge is 0.282 e. The van der Waals surface area contributed by atoms with E-state index in [1.54, 1.807) is 18.2 Å². The zero-order valence-electron chi connectivity index (χ0n) is 11.7. The summed E-state index contributed by atoms with van der Waals surface area (Å²) in [7, 11) is -3.78. The summed E-state index contributed by atoms with van der Waals surface area (Å²) in [6, 6.07) is 12.1. The van der Waals surface area contributed by atoms with Crippen molar-refractivity contribution in [3.63, 3.8) is 0 Å². The molecule has 116 valence electrons. The molecule has 0 radical (unpaired) electrons. The van der Waals surface area contributed by atoms with Crippen LogP contribution in [-0.2, 0) is 21.5 Å². The van der Waals surface area contributed by atoms with Gasteiger partial charge in [0.2, 0.25) is 0 Å². The number of nitro groups is 1. The zero-order chi connectivity index (χ0) is 16.2. The molecule has 0 aliphatic rings. The Morgan fingerprint density at radius 2 is 1.86 bits per heavy atom. The van der Waals surface area contributed by atoms with Crippen LogP contribution in [0.15, 0.2) is 53.4 Å². The Balaban J connectivity index is 1.99. The predicted octanol–water partition coefficient (Wildman–Crippen LogP) is 2.31. The molecular weight excluding hydrogens is 308 g/mol. The molecule has 0 spiro atoms. The highest BCUT2D eigenvalue weighted by molar-refractivity contribution is 7.89. The Kier molecular flexibility index (Phi) is 4.86. The molecule has 1 N–H and O–H groups in total. The molecule has 2 rings (SSSR count). The van der Waals surface area contributed by atoms with Crippen LogP contribution < -0.4 is 4.89 Å². The van der Waals surface area contributed by atoms with E-state index < -0.39 is 14.9 Å². The molecule has 0 aliphatic heterocycles. The van der Waals surface area contributed by atoms with E-state index in [-0.39, 0.29) is 17.2 Å². The Bertz CT molecular complexity index is 772. The van der Waals surface area contributed by atoms with E-state index in [1.807, 2.05) is 11.8 Å². The van der Waals surface area contributed by atoms with Crippen LogP contribution in [0, 0.1) is 17.0 Å². The van der Waals surface area contributed by atoms with Gasteiger partial charge in [0.05, 0.1) is 16.4 Å². The van der Waals surface area contributed by atoms with Gasteiger partial charge < -0.3 is 0 Å². The summed E-state index contributed by atoms with van der Waals surface area (Å²) in [5, 5.41) is 10.7. The Hall–Kier alpha value is -2.29. The lowest BCUT2D eigenvalue weighted by molar-refractivity contribution is -0.385. The van der Waals surface area contributed by atoms with Crippen molar-refractivity contribution in [1.29, 1.82) is 0 Å². The second kappa shape index (κ2) is 6.65. The van der Waals surface area contributed by atoms with Crippen molar-refractivity contribution in [2.45, 2.75) is 18.4 Å². The Morgan fingerprint density at radius 3 is 2.50 bits per heavy atom. The first kappa shape index (κ1) is 16.1. The summed E-state index contributed by atoms with van der Waals surface area (Å²) in [4.78, 5) is 17.1.